The molecule has 5 heteroatoms. The summed E-state index contributed by atoms with van der Waals surface area (Å²) in [4.78, 5) is 14.1. The van der Waals surface area contributed by atoms with E-state index in [0.29, 0.717) is 13.1 Å². The van der Waals surface area contributed by atoms with Crippen LogP contribution in [-0.2, 0) is 17.7 Å². The number of hydrogen-bond acceptors (Lipinski definition) is 4. The van der Waals surface area contributed by atoms with Gasteiger partial charge in [-0.3, -0.25) is 0 Å². The maximum Gasteiger partial charge on any atom is 0.410 e. The van der Waals surface area contributed by atoms with Crippen LogP contribution in [0.15, 0.2) is 12.1 Å². The third-order valence-corrected chi connectivity index (χ3v) is 4.20. The van der Waals surface area contributed by atoms with Gasteiger partial charge in [0.15, 0.2) is 0 Å². The van der Waals surface area contributed by atoms with Gasteiger partial charge >= 0.3 is 6.09 Å². The summed E-state index contributed by atoms with van der Waals surface area (Å²) in [7, 11) is 0. The van der Waals surface area contributed by atoms with Crippen LogP contribution in [-0.4, -0.2) is 29.7 Å². The van der Waals surface area contributed by atoms with Crippen molar-refractivity contribution in [3.8, 4) is 0 Å². The first-order valence-corrected chi connectivity index (χ1v) is 8.94. The molecule has 1 aliphatic heterocycles. The molecule has 0 aromatic heterocycles. The van der Waals surface area contributed by atoms with Crippen LogP contribution in [0.4, 0.5) is 16.2 Å². The smallest absolute Gasteiger partial charge is 0.410 e. The Kier molecular flexibility index (Phi) is 5.97. The van der Waals surface area contributed by atoms with Crippen LogP contribution in [0.5, 0.6) is 0 Å². The number of fused-ring (bicyclic) bond motifs is 1. The van der Waals surface area contributed by atoms with Gasteiger partial charge in [0.05, 0.1) is 6.54 Å². The summed E-state index contributed by atoms with van der Waals surface area (Å²) >= 11 is 0. The molecular weight excluding hydrogens is 302 g/mol. The van der Waals surface area contributed by atoms with Crippen LogP contribution in [0.3, 0.4) is 0 Å². The number of hydrogen-bond donors (Lipinski definition) is 2. The molecule has 0 fully saturated rings. The van der Waals surface area contributed by atoms with Crippen molar-refractivity contribution in [2.75, 3.05) is 24.1 Å². The number of anilines is 2. The quantitative estimate of drug-likeness (QED) is 0.627. The number of ether oxygens (including phenoxy) is 1. The molecule has 134 valence electrons. The molecule has 0 saturated carbocycles. The van der Waals surface area contributed by atoms with Gasteiger partial charge in [0.25, 0.3) is 0 Å². The normalized spacial score (nSPS) is 14.2. The Morgan fingerprint density at radius 1 is 1.29 bits per heavy atom. The third kappa shape index (κ3) is 4.79. The molecule has 24 heavy (non-hydrogen) atoms. The highest BCUT2D eigenvalue weighted by atomic mass is 16.6. The molecule has 1 aromatic rings. The Morgan fingerprint density at radius 2 is 2.04 bits per heavy atom. The lowest BCUT2D eigenvalue weighted by molar-refractivity contribution is 0.0224. The van der Waals surface area contributed by atoms with Gasteiger partial charge < -0.3 is 20.7 Å². The SMILES string of the molecule is CCCCCNc1ccc(N)c2c1CCN(C(=O)OC(C)(C)C)C2. The number of nitrogens with two attached hydrogens (primary N) is 1. The summed E-state index contributed by atoms with van der Waals surface area (Å²) in [5.41, 5.74) is 9.88. The van der Waals surface area contributed by atoms with Crippen molar-refractivity contribution >= 4 is 17.5 Å². The largest absolute Gasteiger partial charge is 0.444 e. The minimum absolute atomic E-state index is 0.270. The first-order valence-electron chi connectivity index (χ1n) is 8.94. The van der Waals surface area contributed by atoms with Crippen molar-refractivity contribution in [1.29, 1.82) is 0 Å². The Morgan fingerprint density at radius 3 is 2.71 bits per heavy atom. The van der Waals surface area contributed by atoms with Gasteiger partial charge in [-0.25, -0.2) is 4.79 Å². The molecule has 0 atom stereocenters. The number of nitrogens with one attached hydrogen (secondary N) is 1. The Balaban J connectivity index is 2.09. The van der Waals surface area contributed by atoms with E-state index < -0.39 is 5.60 Å². The average Bonchev–Trinajstić information content (AvgIpc) is 2.51. The average molecular weight is 333 g/mol. The first kappa shape index (κ1) is 18.4. The van der Waals surface area contributed by atoms with E-state index in [1.165, 1.54) is 24.8 Å². The van der Waals surface area contributed by atoms with E-state index in [9.17, 15) is 4.79 Å². The Labute approximate surface area is 145 Å². The van der Waals surface area contributed by atoms with Gasteiger partial charge in [0, 0.05) is 24.5 Å². The number of benzene rings is 1. The first-order chi connectivity index (χ1) is 11.3. The van der Waals surface area contributed by atoms with E-state index in [0.717, 1.165) is 29.9 Å². The van der Waals surface area contributed by atoms with E-state index >= 15 is 0 Å². The zero-order chi connectivity index (χ0) is 17.7. The van der Waals surface area contributed by atoms with Gasteiger partial charge in [0.1, 0.15) is 5.60 Å². The van der Waals surface area contributed by atoms with Crippen LogP contribution >= 0.6 is 0 Å². The van der Waals surface area contributed by atoms with Crippen molar-refractivity contribution < 1.29 is 9.53 Å². The fourth-order valence-corrected chi connectivity index (χ4v) is 2.95. The van der Waals surface area contributed by atoms with E-state index in [1.807, 2.05) is 26.8 Å². The molecule has 0 aliphatic carbocycles. The number of unbranched alkanes of at least 4 members (excludes halogenated alkanes) is 2. The number of nitrogens with zero attached hydrogens (tertiary/aromatic N) is 1. The lowest BCUT2D eigenvalue weighted by atomic mass is 9.96. The zero-order valence-corrected chi connectivity index (χ0v) is 15.4. The second kappa shape index (κ2) is 7.77. The monoisotopic (exact) mass is 333 g/mol. The van der Waals surface area contributed by atoms with Crippen molar-refractivity contribution in [3.63, 3.8) is 0 Å². The van der Waals surface area contributed by atoms with Crippen LogP contribution in [0.25, 0.3) is 0 Å². The number of rotatable bonds is 5. The minimum atomic E-state index is -0.481. The predicted octanol–water partition coefficient (Wildman–Crippen LogP) is 4.16. The molecule has 1 amide bonds. The van der Waals surface area contributed by atoms with Gasteiger partial charge in [-0.2, -0.15) is 0 Å². The van der Waals surface area contributed by atoms with Gasteiger partial charge in [-0.1, -0.05) is 19.8 Å². The number of amides is 1. The molecule has 5 nitrogen and oxygen atoms in total. The molecule has 1 heterocycles. The van der Waals surface area contributed by atoms with E-state index in [2.05, 4.69) is 18.3 Å². The van der Waals surface area contributed by atoms with E-state index in [4.69, 9.17) is 10.5 Å². The fourth-order valence-electron chi connectivity index (χ4n) is 2.95. The summed E-state index contributed by atoms with van der Waals surface area (Å²) in [5, 5.41) is 3.53. The Bertz CT molecular complexity index is 579. The Hall–Kier alpha value is -1.91. The fraction of sp³-hybridized carbons (Fsp3) is 0.632. The molecule has 3 N–H and O–H groups in total. The maximum absolute atomic E-state index is 12.3. The van der Waals surface area contributed by atoms with Crippen LogP contribution in [0, 0.1) is 0 Å². The van der Waals surface area contributed by atoms with Gasteiger partial charge in [0.2, 0.25) is 0 Å². The minimum Gasteiger partial charge on any atom is -0.444 e. The lowest BCUT2D eigenvalue weighted by Gasteiger charge is -2.32. The summed E-state index contributed by atoms with van der Waals surface area (Å²) in [6.07, 6.45) is 4.15. The van der Waals surface area contributed by atoms with Gasteiger partial charge in [-0.15, -0.1) is 0 Å². The highest BCUT2D eigenvalue weighted by molar-refractivity contribution is 5.71. The second-order valence-electron chi connectivity index (χ2n) is 7.45. The standard InChI is InChI=1S/C19H31N3O2/c1-5-6-7-11-21-17-9-8-16(20)15-13-22(12-10-14(15)17)18(23)24-19(2,3)4/h8-9,21H,5-7,10-13,20H2,1-4H3. The van der Waals surface area contributed by atoms with Crippen LogP contribution in [0.1, 0.15) is 58.1 Å². The van der Waals surface area contributed by atoms with Crippen molar-refractivity contribution in [2.24, 2.45) is 0 Å². The topological polar surface area (TPSA) is 67.6 Å². The lowest BCUT2D eigenvalue weighted by Crippen LogP contribution is -2.40. The molecule has 2 rings (SSSR count). The van der Waals surface area contributed by atoms with E-state index in [1.54, 1.807) is 4.90 Å². The number of nitrogen functional groups attached to an aromatic ring is 1. The molecular formula is C19H31N3O2. The summed E-state index contributed by atoms with van der Waals surface area (Å²) in [6.45, 7) is 10.0. The van der Waals surface area contributed by atoms with Crippen LogP contribution in [0.2, 0.25) is 0 Å². The molecule has 0 bridgehead atoms. The van der Waals surface area contributed by atoms with E-state index in [-0.39, 0.29) is 6.09 Å². The van der Waals surface area contributed by atoms with Crippen molar-refractivity contribution in [2.45, 2.75) is 65.5 Å². The predicted molar refractivity (Wildman–Crippen MR) is 99.2 cm³/mol. The van der Waals surface area contributed by atoms with Crippen LogP contribution < -0.4 is 11.1 Å². The number of carbonyl (C=O) groups excluding carboxylic acids is 1. The van der Waals surface area contributed by atoms with Crippen molar-refractivity contribution in [1.82, 2.24) is 4.90 Å². The molecule has 0 radical (unpaired) electrons. The highest BCUT2D eigenvalue weighted by Gasteiger charge is 2.27. The third-order valence-electron chi connectivity index (χ3n) is 4.20. The number of carbonyl (C=O) groups is 1. The summed E-state index contributed by atoms with van der Waals surface area (Å²) in [6, 6.07) is 3.99. The summed E-state index contributed by atoms with van der Waals surface area (Å²) < 4.78 is 5.48. The molecule has 1 aliphatic rings. The summed E-state index contributed by atoms with van der Waals surface area (Å²) in [5.74, 6) is 0. The maximum atomic E-state index is 12.3. The second-order valence-corrected chi connectivity index (χ2v) is 7.45. The molecule has 1 aromatic carbocycles. The van der Waals surface area contributed by atoms with Crippen molar-refractivity contribution in [3.05, 3.63) is 23.3 Å². The molecule has 0 unspecified atom stereocenters. The molecule has 0 spiro atoms. The van der Waals surface area contributed by atoms with Gasteiger partial charge in [-0.05, 0) is 56.9 Å². The zero-order valence-electron chi connectivity index (χ0n) is 15.4. The molecule has 0 saturated heterocycles. The highest BCUT2D eigenvalue weighted by Crippen LogP contribution is 2.31.